The fourth-order valence-corrected chi connectivity index (χ4v) is 1.64. The van der Waals surface area contributed by atoms with E-state index in [0.717, 1.165) is 0 Å². The van der Waals surface area contributed by atoms with Crippen LogP contribution in [0.2, 0.25) is 5.02 Å². The number of halogens is 4. The molecule has 0 radical (unpaired) electrons. The predicted molar refractivity (Wildman–Crippen MR) is 57.9 cm³/mol. The van der Waals surface area contributed by atoms with E-state index >= 15 is 0 Å². The second-order valence-corrected chi connectivity index (χ2v) is 4.12. The summed E-state index contributed by atoms with van der Waals surface area (Å²) < 4.78 is 36.3. The van der Waals surface area contributed by atoms with Gasteiger partial charge >= 0.3 is 57.6 Å². The fraction of sp³-hybridized carbons (Fsp3) is 0.364. The Kier molecular flexibility index (Phi) is 8.77. The van der Waals surface area contributed by atoms with Crippen LogP contribution in [0.3, 0.4) is 0 Å². The van der Waals surface area contributed by atoms with Gasteiger partial charge in [0, 0.05) is 23.5 Å². The first-order chi connectivity index (χ1) is 8.28. The molecule has 100 valence electrons. The van der Waals surface area contributed by atoms with Crippen LogP contribution in [0, 0.1) is 0 Å². The molecule has 1 aromatic rings. The molecule has 0 aliphatic heterocycles. The molecule has 0 fully saturated rings. The Morgan fingerprint density at radius 1 is 1.42 bits per heavy atom. The first-order valence-electron chi connectivity index (χ1n) is 5.03. The van der Waals surface area contributed by atoms with E-state index in [9.17, 15) is 23.1 Å². The molecule has 1 N–H and O–H groups in total. The minimum atomic E-state index is -4.41. The number of rotatable bonds is 5. The maximum atomic E-state index is 12.1. The van der Waals surface area contributed by atoms with Gasteiger partial charge in [-0.1, -0.05) is 23.7 Å². The molecule has 0 amide bonds. The molecule has 0 saturated heterocycles. The van der Waals surface area contributed by atoms with Crippen molar-refractivity contribution in [1.82, 2.24) is 5.32 Å². The number of carbonyl (C=O) groups is 1. The van der Waals surface area contributed by atoms with Crippen molar-refractivity contribution in [2.24, 2.45) is 0 Å². The molecule has 1 unspecified atom stereocenters. The van der Waals surface area contributed by atoms with Gasteiger partial charge in [-0.3, -0.25) is 0 Å². The average Bonchev–Trinajstić information content (AvgIpc) is 2.22. The van der Waals surface area contributed by atoms with Crippen LogP contribution in [0.4, 0.5) is 13.2 Å². The van der Waals surface area contributed by atoms with Crippen molar-refractivity contribution in [1.29, 1.82) is 0 Å². The minimum Gasteiger partial charge on any atom is -0.550 e. The van der Waals surface area contributed by atoms with Crippen molar-refractivity contribution < 1.29 is 74.5 Å². The Bertz CT molecular complexity index is 429. The third-order valence-corrected chi connectivity index (χ3v) is 2.41. The molecule has 0 aromatic heterocycles. The number of nitrogens with one attached hydrogen (secondary N) is 1. The van der Waals surface area contributed by atoms with Crippen LogP contribution in [0.25, 0.3) is 0 Å². The maximum Gasteiger partial charge on any atom is 1.00 e. The standard InChI is InChI=1S/C11H11ClF3NO2.K/c12-8-3-1-2-7(4-8)9(5-10(17)18)16-6-11(13,14)15;/h1-4,9,16H,5-6H2,(H,17,18);/q;+1/p-1. The number of hydrogen-bond donors (Lipinski definition) is 1. The van der Waals surface area contributed by atoms with Gasteiger partial charge < -0.3 is 15.2 Å². The van der Waals surface area contributed by atoms with Crippen molar-refractivity contribution in [2.75, 3.05) is 6.54 Å². The van der Waals surface area contributed by atoms with Gasteiger partial charge in [-0.15, -0.1) is 0 Å². The van der Waals surface area contributed by atoms with E-state index in [0.29, 0.717) is 10.6 Å². The van der Waals surface area contributed by atoms with Gasteiger partial charge in [-0.05, 0) is 17.7 Å². The first kappa shape index (κ1) is 19.4. The summed E-state index contributed by atoms with van der Waals surface area (Å²) in [6.45, 7) is -1.28. The second-order valence-electron chi connectivity index (χ2n) is 3.68. The molecule has 8 heteroatoms. The summed E-state index contributed by atoms with van der Waals surface area (Å²) in [5.41, 5.74) is 0.371. The van der Waals surface area contributed by atoms with E-state index in [1.54, 1.807) is 6.07 Å². The molecular weight excluding hydrogens is 310 g/mol. The van der Waals surface area contributed by atoms with Crippen molar-refractivity contribution in [3.05, 3.63) is 34.9 Å². The number of alkyl halides is 3. The Hall–Kier alpha value is 0.366. The molecule has 19 heavy (non-hydrogen) atoms. The number of benzene rings is 1. The Labute approximate surface area is 155 Å². The zero-order valence-corrected chi connectivity index (χ0v) is 14.0. The molecular formula is C11H10ClF3KNO2. The van der Waals surface area contributed by atoms with Crippen molar-refractivity contribution in [2.45, 2.75) is 18.6 Å². The van der Waals surface area contributed by atoms with Crippen LogP contribution >= 0.6 is 11.6 Å². The summed E-state index contributed by atoms with van der Waals surface area (Å²) in [7, 11) is 0. The zero-order valence-electron chi connectivity index (χ0n) is 10.1. The predicted octanol–water partition coefficient (Wildman–Crippen LogP) is -1.32. The van der Waals surface area contributed by atoms with Gasteiger partial charge in [-0.25, -0.2) is 0 Å². The summed E-state index contributed by atoms with van der Waals surface area (Å²) >= 11 is 5.70. The number of carboxylic acid groups (broad SMARTS) is 1. The van der Waals surface area contributed by atoms with E-state index < -0.39 is 31.2 Å². The van der Waals surface area contributed by atoms with Crippen LogP contribution < -0.4 is 61.8 Å². The summed E-state index contributed by atoms with van der Waals surface area (Å²) in [4.78, 5) is 10.5. The molecule has 0 aliphatic carbocycles. The van der Waals surface area contributed by atoms with E-state index in [2.05, 4.69) is 5.32 Å². The maximum absolute atomic E-state index is 12.1. The summed E-state index contributed by atoms with van der Waals surface area (Å²) in [5, 5.41) is 13.0. The normalized spacial score (nSPS) is 12.6. The monoisotopic (exact) mass is 319 g/mol. The molecule has 0 spiro atoms. The summed E-state index contributed by atoms with van der Waals surface area (Å²) in [6.07, 6.45) is -4.97. The second kappa shape index (κ2) is 8.61. The van der Waals surface area contributed by atoms with E-state index in [-0.39, 0.29) is 51.4 Å². The van der Waals surface area contributed by atoms with Crippen LogP contribution in [0.15, 0.2) is 24.3 Å². The molecule has 1 aromatic carbocycles. The molecule has 0 heterocycles. The third kappa shape index (κ3) is 8.29. The van der Waals surface area contributed by atoms with Gasteiger partial charge in [0.25, 0.3) is 0 Å². The third-order valence-electron chi connectivity index (χ3n) is 2.17. The Morgan fingerprint density at radius 3 is 2.53 bits per heavy atom. The number of hydrogen-bond acceptors (Lipinski definition) is 3. The molecule has 0 saturated carbocycles. The number of carboxylic acids is 1. The molecule has 1 atom stereocenters. The number of carbonyl (C=O) groups excluding carboxylic acids is 1. The SMILES string of the molecule is O=C([O-])CC(NCC(F)(F)F)c1cccc(Cl)c1.[K+]. The van der Waals surface area contributed by atoms with Gasteiger partial charge in [0.05, 0.1) is 6.54 Å². The first-order valence-corrected chi connectivity index (χ1v) is 5.41. The fourth-order valence-electron chi connectivity index (χ4n) is 1.44. The Morgan fingerprint density at radius 2 is 2.05 bits per heavy atom. The van der Waals surface area contributed by atoms with Crippen molar-refractivity contribution in [3.63, 3.8) is 0 Å². The van der Waals surface area contributed by atoms with Gasteiger partial charge in [0.2, 0.25) is 0 Å². The molecule has 0 aliphatic rings. The minimum absolute atomic E-state index is 0. The Balaban J connectivity index is 0.00000324. The van der Waals surface area contributed by atoms with E-state index in [4.69, 9.17) is 11.6 Å². The van der Waals surface area contributed by atoms with Gasteiger partial charge in [0.1, 0.15) is 0 Å². The topological polar surface area (TPSA) is 52.2 Å². The largest absolute Gasteiger partial charge is 1.00 e. The number of aliphatic carboxylic acids is 1. The summed E-state index contributed by atoms with van der Waals surface area (Å²) in [6, 6.07) is 5.01. The quantitative estimate of drug-likeness (QED) is 0.685. The average molecular weight is 320 g/mol. The van der Waals surface area contributed by atoms with E-state index in [1.165, 1.54) is 18.2 Å². The van der Waals surface area contributed by atoms with Gasteiger partial charge in [0.15, 0.2) is 0 Å². The van der Waals surface area contributed by atoms with Gasteiger partial charge in [-0.2, -0.15) is 13.2 Å². The van der Waals surface area contributed by atoms with Crippen LogP contribution in [-0.2, 0) is 4.79 Å². The molecule has 0 bridgehead atoms. The van der Waals surface area contributed by atoms with Crippen molar-refractivity contribution >= 4 is 17.6 Å². The van der Waals surface area contributed by atoms with E-state index in [1.807, 2.05) is 0 Å². The van der Waals surface area contributed by atoms with Crippen LogP contribution in [0.5, 0.6) is 0 Å². The molecule has 3 nitrogen and oxygen atoms in total. The van der Waals surface area contributed by atoms with Crippen molar-refractivity contribution in [3.8, 4) is 0 Å². The smallest absolute Gasteiger partial charge is 0.550 e. The van der Waals surface area contributed by atoms with Crippen LogP contribution in [-0.4, -0.2) is 18.7 Å². The zero-order chi connectivity index (χ0) is 13.8. The van der Waals surface area contributed by atoms with Crippen LogP contribution in [0.1, 0.15) is 18.0 Å². The molecule has 1 rings (SSSR count). The summed E-state index contributed by atoms with van der Waals surface area (Å²) in [5.74, 6) is -1.44.